The van der Waals surface area contributed by atoms with Crippen LogP contribution < -0.4 is 15.4 Å². The second-order valence-electron chi connectivity index (χ2n) is 6.29. The van der Waals surface area contributed by atoms with E-state index in [1.54, 1.807) is 0 Å². The smallest absolute Gasteiger partial charge is 0.317 e. The number of fused-ring (bicyclic) bond motifs is 1. The molecule has 2 aromatic carbocycles. The normalized spacial score (nSPS) is 15.9. The Bertz CT molecular complexity index is 816. The molecular weight excluding hydrogens is 314 g/mol. The lowest BCUT2D eigenvalue weighted by Crippen LogP contribution is -2.28. The summed E-state index contributed by atoms with van der Waals surface area (Å²) < 4.78 is 5.81. The monoisotopic (exact) mass is 335 g/mol. The van der Waals surface area contributed by atoms with Crippen molar-refractivity contribution in [2.24, 2.45) is 0 Å². The summed E-state index contributed by atoms with van der Waals surface area (Å²) >= 11 is 0. The maximum atomic E-state index is 11.8. The third-order valence-electron chi connectivity index (χ3n) is 4.52. The van der Waals surface area contributed by atoms with Crippen molar-refractivity contribution >= 4 is 17.8 Å². The number of ether oxygens (including phenoxy) is 1. The number of rotatable bonds is 5. The second kappa shape index (κ2) is 6.89. The molecule has 0 unspecified atom stereocenters. The summed E-state index contributed by atoms with van der Waals surface area (Å²) in [6.45, 7) is 3.41. The van der Waals surface area contributed by atoms with Gasteiger partial charge in [-0.3, -0.25) is 0 Å². The fourth-order valence-corrected chi connectivity index (χ4v) is 3.17. The zero-order valence-corrected chi connectivity index (χ0v) is 14.0. The molecule has 2 aliphatic rings. The lowest BCUT2D eigenvalue weighted by molar-refractivity contribution is 0.215. The molecule has 0 aliphatic carbocycles. The molecule has 0 aromatic heterocycles. The topological polar surface area (TPSA) is 53.6 Å². The minimum absolute atomic E-state index is 0.00907. The highest BCUT2D eigenvalue weighted by molar-refractivity contribution is 5.76. The molecule has 4 rings (SSSR count). The van der Waals surface area contributed by atoms with Crippen molar-refractivity contribution in [2.45, 2.75) is 6.54 Å². The van der Waals surface area contributed by atoms with Crippen LogP contribution in [-0.4, -0.2) is 37.2 Å². The third kappa shape index (κ3) is 3.45. The predicted octanol–water partition coefficient (Wildman–Crippen LogP) is 3.10. The number of amides is 2. The molecule has 128 valence electrons. The van der Waals surface area contributed by atoms with Gasteiger partial charge in [0.1, 0.15) is 12.4 Å². The number of para-hydroxylation sites is 2. The van der Waals surface area contributed by atoms with E-state index >= 15 is 0 Å². The summed E-state index contributed by atoms with van der Waals surface area (Å²) in [6.07, 6.45) is 2.18. The minimum Gasteiger partial charge on any atom is -0.489 e. The zero-order valence-electron chi connectivity index (χ0n) is 14.0. The van der Waals surface area contributed by atoms with Gasteiger partial charge in [-0.05, 0) is 29.3 Å². The average Bonchev–Trinajstić information content (AvgIpc) is 3.05. The molecule has 5 heteroatoms. The van der Waals surface area contributed by atoms with Gasteiger partial charge >= 0.3 is 6.03 Å². The minimum atomic E-state index is 0.00907. The van der Waals surface area contributed by atoms with Gasteiger partial charge in [0, 0.05) is 37.4 Å². The maximum Gasteiger partial charge on any atom is 0.317 e. The van der Waals surface area contributed by atoms with E-state index in [0.717, 1.165) is 42.2 Å². The summed E-state index contributed by atoms with van der Waals surface area (Å²) in [5.74, 6) is 0.937. The van der Waals surface area contributed by atoms with Crippen molar-refractivity contribution in [1.29, 1.82) is 0 Å². The summed E-state index contributed by atoms with van der Waals surface area (Å²) in [6, 6.07) is 16.2. The standard InChI is InChI=1S/C20H21N3O2/c24-20-21-9-10-23(20)13-17-6-1-3-7-18(17)22-12-15-11-16-5-2-4-8-19(16)25-14-15/h1-8,11,22H,9-10,12-14H2,(H,21,24). The van der Waals surface area contributed by atoms with Crippen molar-refractivity contribution in [3.8, 4) is 5.75 Å². The number of carbonyl (C=O) groups excluding carboxylic acids is 1. The number of nitrogens with zero attached hydrogens (tertiary/aromatic N) is 1. The summed E-state index contributed by atoms with van der Waals surface area (Å²) in [4.78, 5) is 13.6. The van der Waals surface area contributed by atoms with Gasteiger partial charge in [0.25, 0.3) is 0 Å². The van der Waals surface area contributed by atoms with Gasteiger partial charge in [0.2, 0.25) is 0 Å². The van der Waals surface area contributed by atoms with E-state index in [0.29, 0.717) is 13.2 Å². The average molecular weight is 335 g/mol. The van der Waals surface area contributed by atoms with Crippen LogP contribution in [0.1, 0.15) is 11.1 Å². The fourth-order valence-electron chi connectivity index (χ4n) is 3.17. The summed E-state index contributed by atoms with van der Waals surface area (Å²) in [7, 11) is 0. The lowest BCUT2D eigenvalue weighted by Gasteiger charge is -2.21. The number of nitrogens with one attached hydrogen (secondary N) is 2. The van der Waals surface area contributed by atoms with Crippen LogP contribution in [0.25, 0.3) is 6.08 Å². The van der Waals surface area contributed by atoms with Crippen LogP contribution in [0, 0.1) is 0 Å². The molecule has 0 spiro atoms. The van der Waals surface area contributed by atoms with E-state index in [4.69, 9.17) is 4.74 Å². The first-order valence-corrected chi connectivity index (χ1v) is 8.55. The van der Waals surface area contributed by atoms with Gasteiger partial charge in [0.15, 0.2) is 0 Å². The first-order chi connectivity index (χ1) is 12.3. The van der Waals surface area contributed by atoms with Gasteiger partial charge < -0.3 is 20.3 Å². The highest BCUT2D eigenvalue weighted by atomic mass is 16.5. The molecular formula is C20H21N3O2. The van der Waals surface area contributed by atoms with Crippen molar-refractivity contribution < 1.29 is 9.53 Å². The highest BCUT2D eigenvalue weighted by Gasteiger charge is 2.20. The Kier molecular flexibility index (Phi) is 4.29. The van der Waals surface area contributed by atoms with Gasteiger partial charge in [-0.15, -0.1) is 0 Å². The van der Waals surface area contributed by atoms with Crippen molar-refractivity contribution in [2.75, 3.05) is 31.6 Å². The number of hydrogen-bond acceptors (Lipinski definition) is 3. The van der Waals surface area contributed by atoms with Gasteiger partial charge in [-0.2, -0.15) is 0 Å². The molecule has 0 bridgehead atoms. The Hall–Kier alpha value is -2.95. The summed E-state index contributed by atoms with van der Waals surface area (Å²) in [5, 5.41) is 6.34. The molecule has 0 saturated carbocycles. The van der Waals surface area contributed by atoms with Crippen LogP contribution in [0.15, 0.2) is 54.1 Å². The molecule has 0 radical (unpaired) electrons. The van der Waals surface area contributed by atoms with Crippen LogP contribution in [0.4, 0.5) is 10.5 Å². The molecule has 2 amide bonds. The molecule has 2 aliphatic heterocycles. The van der Waals surface area contributed by atoms with Crippen molar-refractivity contribution in [3.63, 3.8) is 0 Å². The molecule has 1 fully saturated rings. The number of urea groups is 1. The van der Waals surface area contributed by atoms with E-state index in [1.165, 1.54) is 5.57 Å². The number of anilines is 1. The highest BCUT2D eigenvalue weighted by Crippen LogP contribution is 2.26. The van der Waals surface area contributed by atoms with E-state index in [2.05, 4.69) is 34.9 Å². The second-order valence-corrected chi connectivity index (χ2v) is 6.29. The summed E-state index contributed by atoms with van der Waals surface area (Å²) in [5.41, 5.74) is 4.50. The number of carbonyl (C=O) groups is 1. The van der Waals surface area contributed by atoms with Crippen LogP contribution in [0.3, 0.4) is 0 Å². The third-order valence-corrected chi connectivity index (χ3v) is 4.52. The zero-order chi connectivity index (χ0) is 17.1. The molecule has 2 aromatic rings. The van der Waals surface area contributed by atoms with Crippen molar-refractivity contribution in [1.82, 2.24) is 10.2 Å². The molecule has 2 heterocycles. The Labute approximate surface area is 147 Å². The van der Waals surface area contributed by atoms with Gasteiger partial charge in [0.05, 0.1) is 0 Å². The van der Waals surface area contributed by atoms with Crippen LogP contribution >= 0.6 is 0 Å². The number of benzene rings is 2. The van der Waals surface area contributed by atoms with Crippen LogP contribution in [-0.2, 0) is 6.54 Å². The van der Waals surface area contributed by atoms with Gasteiger partial charge in [-0.1, -0.05) is 36.4 Å². The first kappa shape index (κ1) is 15.6. The van der Waals surface area contributed by atoms with Crippen LogP contribution in [0.5, 0.6) is 5.75 Å². The van der Waals surface area contributed by atoms with Crippen LogP contribution in [0.2, 0.25) is 0 Å². The molecule has 25 heavy (non-hydrogen) atoms. The Morgan fingerprint density at radius 3 is 2.84 bits per heavy atom. The number of hydrogen-bond donors (Lipinski definition) is 2. The Morgan fingerprint density at radius 2 is 1.96 bits per heavy atom. The van der Waals surface area contributed by atoms with Crippen molar-refractivity contribution in [3.05, 3.63) is 65.2 Å². The van der Waals surface area contributed by atoms with E-state index in [-0.39, 0.29) is 6.03 Å². The Balaban J connectivity index is 1.45. The molecule has 5 nitrogen and oxygen atoms in total. The molecule has 2 N–H and O–H groups in total. The van der Waals surface area contributed by atoms with E-state index in [9.17, 15) is 4.79 Å². The lowest BCUT2D eigenvalue weighted by atomic mass is 10.1. The van der Waals surface area contributed by atoms with E-state index < -0.39 is 0 Å². The molecule has 1 saturated heterocycles. The van der Waals surface area contributed by atoms with Gasteiger partial charge in [-0.25, -0.2) is 4.79 Å². The largest absolute Gasteiger partial charge is 0.489 e. The first-order valence-electron chi connectivity index (χ1n) is 8.55. The van der Waals surface area contributed by atoms with E-state index in [1.807, 2.05) is 35.2 Å². The fraction of sp³-hybridized carbons (Fsp3) is 0.250. The quantitative estimate of drug-likeness (QED) is 0.883. The predicted molar refractivity (Wildman–Crippen MR) is 98.7 cm³/mol. The Morgan fingerprint density at radius 1 is 1.12 bits per heavy atom. The SMILES string of the molecule is O=C1NCCN1Cc1ccccc1NCC1=Cc2ccccc2OC1. The maximum absolute atomic E-state index is 11.8. The molecule has 0 atom stereocenters.